The highest BCUT2D eigenvalue weighted by Crippen LogP contribution is 2.35. The van der Waals surface area contributed by atoms with E-state index in [1.165, 1.54) is 14.2 Å². The van der Waals surface area contributed by atoms with E-state index in [1.807, 2.05) is 31.2 Å². The largest absolute Gasteiger partial charge is 0.466 e. The lowest BCUT2D eigenvalue weighted by Crippen LogP contribution is -2.32. The van der Waals surface area contributed by atoms with Crippen LogP contribution in [0.5, 0.6) is 0 Å². The number of aryl methyl sites for hydroxylation is 1. The molecule has 1 heterocycles. The van der Waals surface area contributed by atoms with Crippen LogP contribution in [0.25, 0.3) is 5.03 Å². The average Bonchev–Trinajstić information content (AvgIpc) is 2.61. The third-order valence-electron chi connectivity index (χ3n) is 4.26. The monoisotopic (exact) mass is 375 g/mol. The first-order valence-corrected chi connectivity index (χ1v) is 8.47. The van der Waals surface area contributed by atoms with Crippen LogP contribution in [-0.2, 0) is 19.1 Å². The molecule has 0 atom stereocenters. The molecule has 0 radical (unpaired) electrons. The van der Waals surface area contributed by atoms with Gasteiger partial charge in [0.2, 0.25) is 0 Å². The van der Waals surface area contributed by atoms with Crippen molar-refractivity contribution < 1.29 is 19.1 Å². The zero-order chi connectivity index (χ0) is 19.4. The van der Waals surface area contributed by atoms with E-state index in [4.69, 9.17) is 21.1 Å². The minimum absolute atomic E-state index is 0.323. The summed E-state index contributed by atoms with van der Waals surface area (Å²) >= 11 is 6.50. The highest BCUT2D eigenvalue weighted by Gasteiger charge is 2.35. The number of carbonyl (C=O) groups is 2. The smallest absolute Gasteiger partial charge is 0.336 e. The number of allylic oxidation sites excluding steroid dienone is 3. The molecule has 0 unspecified atom stereocenters. The topological polar surface area (TPSA) is 64.6 Å². The maximum Gasteiger partial charge on any atom is 0.336 e. The van der Waals surface area contributed by atoms with Gasteiger partial charge in [-0.15, -0.1) is 0 Å². The van der Waals surface area contributed by atoms with Crippen molar-refractivity contribution in [3.63, 3.8) is 0 Å². The quantitative estimate of drug-likeness (QED) is 0.813. The molecular weight excluding hydrogens is 354 g/mol. The molecule has 138 valence electrons. The Morgan fingerprint density at radius 2 is 1.42 bits per heavy atom. The molecule has 0 bridgehead atoms. The maximum atomic E-state index is 12.3. The minimum Gasteiger partial charge on any atom is -0.466 e. The fourth-order valence-corrected chi connectivity index (χ4v) is 3.18. The highest BCUT2D eigenvalue weighted by atomic mass is 35.5. The number of hydrogen-bond acceptors (Lipinski definition) is 5. The van der Waals surface area contributed by atoms with Crippen LogP contribution in [0.15, 0.2) is 52.9 Å². The Labute approximate surface area is 158 Å². The number of carbonyl (C=O) groups excluding carboxylic acids is 2. The molecule has 0 saturated carbocycles. The molecule has 2 rings (SSSR count). The summed E-state index contributed by atoms with van der Waals surface area (Å²) in [6, 6.07) is 7.66. The van der Waals surface area contributed by atoms with E-state index in [2.05, 4.69) is 5.32 Å². The molecule has 1 N–H and O–H groups in total. The number of ether oxygens (including phenoxy) is 2. The van der Waals surface area contributed by atoms with Gasteiger partial charge in [0.05, 0.1) is 25.4 Å². The number of benzene rings is 1. The summed E-state index contributed by atoms with van der Waals surface area (Å²) in [6.45, 7) is 5.49. The lowest BCUT2D eigenvalue weighted by molar-refractivity contribution is -0.137. The Bertz CT molecular complexity index is 781. The van der Waals surface area contributed by atoms with Gasteiger partial charge >= 0.3 is 11.9 Å². The Kier molecular flexibility index (Phi) is 6.27. The van der Waals surface area contributed by atoms with Gasteiger partial charge in [-0.3, -0.25) is 0 Å². The van der Waals surface area contributed by atoms with Crippen molar-refractivity contribution in [3.05, 3.63) is 64.0 Å². The van der Waals surface area contributed by atoms with E-state index in [0.29, 0.717) is 27.6 Å². The molecule has 5 nitrogen and oxygen atoms in total. The van der Waals surface area contributed by atoms with Crippen LogP contribution in [-0.4, -0.2) is 26.2 Å². The number of methoxy groups -OCH3 is 2. The first-order chi connectivity index (χ1) is 12.3. The Hall–Kier alpha value is -2.53. The Balaban J connectivity index is 2.60. The van der Waals surface area contributed by atoms with E-state index in [0.717, 1.165) is 11.1 Å². The van der Waals surface area contributed by atoms with Crippen molar-refractivity contribution >= 4 is 28.6 Å². The molecular formula is C20H22ClNO4. The van der Waals surface area contributed by atoms with Gasteiger partial charge in [0.25, 0.3) is 0 Å². The molecule has 0 spiro atoms. The van der Waals surface area contributed by atoms with E-state index < -0.39 is 17.9 Å². The summed E-state index contributed by atoms with van der Waals surface area (Å²) < 4.78 is 9.81. The average molecular weight is 376 g/mol. The van der Waals surface area contributed by atoms with Crippen molar-refractivity contribution in [2.24, 2.45) is 5.92 Å². The van der Waals surface area contributed by atoms with Gasteiger partial charge in [-0.25, -0.2) is 9.59 Å². The molecule has 0 saturated heterocycles. The SMILES string of the molecule is COC(=O)C1=C(C)NC(C)=C(C(=O)OC)C1/C=C(\Cl)c1ccc(C)cc1. The molecule has 6 heteroatoms. The zero-order valence-corrected chi connectivity index (χ0v) is 16.2. The number of dihydropyridines is 1. The van der Waals surface area contributed by atoms with Crippen molar-refractivity contribution in [2.45, 2.75) is 20.8 Å². The van der Waals surface area contributed by atoms with Crippen molar-refractivity contribution in [1.29, 1.82) is 0 Å². The van der Waals surface area contributed by atoms with Gasteiger partial charge < -0.3 is 14.8 Å². The second-order valence-electron chi connectivity index (χ2n) is 6.04. The van der Waals surface area contributed by atoms with Crippen LogP contribution in [0.4, 0.5) is 0 Å². The van der Waals surface area contributed by atoms with Gasteiger partial charge in [-0.2, -0.15) is 0 Å². The van der Waals surface area contributed by atoms with E-state index in [-0.39, 0.29) is 0 Å². The molecule has 1 aliphatic rings. The number of hydrogen-bond donors (Lipinski definition) is 1. The number of halogens is 1. The van der Waals surface area contributed by atoms with Crippen LogP contribution >= 0.6 is 11.6 Å². The Morgan fingerprint density at radius 3 is 1.85 bits per heavy atom. The van der Waals surface area contributed by atoms with Crippen molar-refractivity contribution in [3.8, 4) is 0 Å². The number of rotatable bonds is 4. The van der Waals surface area contributed by atoms with Gasteiger partial charge in [-0.05, 0) is 26.3 Å². The van der Waals surface area contributed by atoms with Gasteiger partial charge in [-0.1, -0.05) is 47.5 Å². The Morgan fingerprint density at radius 1 is 0.962 bits per heavy atom. The second kappa shape index (κ2) is 8.23. The molecule has 0 fully saturated rings. The molecule has 1 aromatic carbocycles. The molecule has 0 amide bonds. The lowest BCUT2D eigenvalue weighted by Gasteiger charge is -2.28. The number of nitrogens with one attached hydrogen (secondary N) is 1. The lowest BCUT2D eigenvalue weighted by atomic mass is 9.84. The minimum atomic E-state index is -0.676. The summed E-state index contributed by atoms with van der Waals surface area (Å²) in [5, 5.41) is 3.48. The van der Waals surface area contributed by atoms with Crippen LogP contribution in [0, 0.1) is 12.8 Å². The first-order valence-electron chi connectivity index (χ1n) is 8.09. The van der Waals surface area contributed by atoms with Crippen LogP contribution in [0.1, 0.15) is 25.0 Å². The summed E-state index contributed by atoms with van der Waals surface area (Å²) in [5.41, 5.74) is 3.76. The second-order valence-corrected chi connectivity index (χ2v) is 6.45. The third-order valence-corrected chi connectivity index (χ3v) is 4.60. The summed E-state index contributed by atoms with van der Waals surface area (Å²) in [7, 11) is 2.60. The molecule has 1 aliphatic heterocycles. The fraction of sp³-hybridized carbons (Fsp3) is 0.300. The summed E-state index contributed by atoms with van der Waals surface area (Å²) in [4.78, 5) is 24.7. The van der Waals surface area contributed by atoms with E-state index in [1.54, 1.807) is 19.9 Å². The van der Waals surface area contributed by atoms with Crippen LogP contribution in [0.3, 0.4) is 0 Å². The molecule has 0 aromatic heterocycles. The van der Waals surface area contributed by atoms with Crippen molar-refractivity contribution in [2.75, 3.05) is 14.2 Å². The molecule has 1 aromatic rings. The predicted octanol–water partition coefficient (Wildman–Crippen LogP) is 3.69. The first kappa shape index (κ1) is 19.8. The predicted molar refractivity (Wildman–Crippen MR) is 101 cm³/mol. The van der Waals surface area contributed by atoms with Gasteiger partial charge in [0.15, 0.2) is 0 Å². The third kappa shape index (κ3) is 3.99. The van der Waals surface area contributed by atoms with Crippen LogP contribution in [0.2, 0.25) is 0 Å². The fourth-order valence-electron chi connectivity index (χ4n) is 2.93. The van der Waals surface area contributed by atoms with Gasteiger partial charge in [0, 0.05) is 22.3 Å². The highest BCUT2D eigenvalue weighted by molar-refractivity contribution is 6.48. The molecule has 26 heavy (non-hydrogen) atoms. The van der Waals surface area contributed by atoms with E-state index in [9.17, 15) is 9.59 Å². The standard InChI is InChI=1S/C20H22ClNO4/c1-11-6-8-14(9-7-11)16(21)10-15-17(19(23)25-4)12(2)22-13(3)18(15)20(24)26-5/h6-10,15,22H,1-5H3/b16-10-. The number of esters is 2. The van der Waals surface area contributed by atoms with E-state index >= 15 is 0 Å². The normalized spacial score (nSPS) is 15.7. The maximum absolute atomic E-state index is 12.3. The summed E-state index contributed by atoms with van der Waals surface area (Å²) in [6.07, 6.45) is 1.68. The zero-order valence-electron chi connectivity index (χ0n) is 15.5. The molecule has 0 aliphatic carbocycles. The van der Waals surface area contributed by atoms with Crippen molar-refractivity contribution in [1.82, 2.24) is 5.32 Å². The van der Waals surface area contributed by atoms with Gasteiger partial charge in [0.1, 0.15) is 0 Å². The summed E-state index contributed by atoms with van der Waals surface area (Å²) in [5.74, 6) is -1.73. The van der Waals surface area contributed by atoms with Crippen LogP contribution < -0.4 is 5.32 Å².